The van der Waals surface area contributed by atoms with Crippen LogP contribution < -0.4 is 5.73 Å². The van der Waals surface area contributed by atoms with Gasteiger partial charge in [0.2, 0.25) is 0 Å². The SMILES string of the molecule is CC(C)=Cc1ccc2c(N)nn(C)c2c1. The van der Waals surface area contributed by atoms with Crippen LogP contribution >= 0.6 is 0 Å². The van der Waals surface area contributed by atoms with E-state index in [4.69, 9.17) is 5.73 Å². The molecule has 0 radical (unpaired) electrons. The number of nitrogen functional groups attached to an aromatic ring is 1. The largest absolute Gasteiger partial charge is 0.382 e. The van der Waals surface area contributed by atoms with Crippen LogP contribution in [0.2, 0.25) is 0 Å². The summed E-state index contributed by atoms with van der Waals surface area (Å²) >= 11 is 0. The Hall–Kier alpha value is -1.77. The zero-order chi connectivity index (χ0) is 11.0. The Labute approximate surface area is 89.2 Å². The molecule has 3 heteroatoms. The number of hydrogen-bond donors (Lipinski definition) is 1. The third kappa shape index (κ3) is 1.73. The molecule has 0 saturated carbocycles. The van der Waals surface area contributed by atoms with Gasteiger partial charge >= 0.3 is 0 Å². The molecule has 0 spiro atoms. The lowest BCUT2D eigenvalue weighted by Crippen LogP contribution is -1.91. The summed E-state index contributed by atoms with van der Waals surface area (Å²) in [7, 11) is 1.91. The minimum absolute atomic E-state index is 0.594. The average Bonchev–Trinajstić information content (AvgIpc) is 2.41. The number of aryl methyl sites for hydroxylation is 1. The average molecular weight is 201 g/mol. The number of aromatic nitrogens is 2. The number of nitrogens with two attached hydrogens (primary N) is 1. The maximum atomic E-state index is 5.78. The molecule has 1 heterocycles. The van der Waals surface area contributed by atoms with Crippen LogP contribution in [0.15, 0.2) is 23.8 Å². The predicted octanol–water partition coefficient (Wildman–Crippen LogP) is 2.58. The molecule has 0 aliphatic heterocycles. The molecule has 0 unspecified atom stereocenters. The standard InChI is InChI=1S/C12H15N3/c1-8(2)6-9-4-5-10-11(7-9)15(3)14-12(10)13/h4-7H,1-3H3,(H2,13,14). The molecule has 0 saturated heterocycles. The van der Waals surface area contributed by atoms with Crippen LogP contribution in [0.25, 0.3) is 17.0 Å². The van der Waals surface area contributed by atoms with Gasteiger partial charge in [-0.25, -0.2) is 0 Å². The number of anilines is 1. The molecule has 1 aromatic heterocycles. The maximum Gasteiger partial charge on any atom is 0.153 e. The summed E-state index contributed by atoms with van der Waals surface area (Å²) < 4.78 is 1.81. The molecule has 0 atom stereocenters. The van der Waals surface area contributed by atoms with Gasteiger partial charge in [-0.2, -0.15) is 5.10 Å². The van der Waals surface area contributed by atoms with Crippen molar-refractivity contribution in [2.75, 3.05) is 5.73 Å². The Bertz CT molecular complexity index is 531. The smallest absolute Gasteiger partial charge is 0.153 e. The quantitative estimate of drug-likeness (QED) is 0.770. The summed E-state index contributed by atoms with van der Waals surface area (Å²) in [4.78, 5) is 0. The number of benzene rings is 1. The summed E-state index contributed by atoms with van der Waals surface area (Å²) in [6.45, 7) is 4.17. The second-order valence-electron chi connectivity index (χ2n) is 4.01. The highest BCUT2D eigenvalue weighted by Gasteiger charge is 2.04. The molecule has 0 fully saturated rings. The molecule has 15 heavy (non-hydrogen) atoms. The number of rotatable bonds is 1. The minimum atomic E-state index is 0.594. The first kappa shape index (κ1) is 9.77. The van der Waals surface area contributed by atoms with Crippen molar-refractivity contribution in [2.24, 2.45) is 7.05 Å². The Kier molecular flexibility index (Phi) is 2.23. The van der Waals surface area contributed by atoms with E-state index in [2.05, 4.69) is 37.2 Å². The molecule has 0 aliphatic rings. The van der Waals surface area contributed by atoms with Crippen molar-refractivity contribution in [3.8, 4) is 0 Å². The van der Waals surface area contributed by atoms with Crippen molar-refractivity contribution in [3.05, 3.63) is 29.3 Å². The molecule has 1 aromatic carbocycles. The van der Waals surface area contributed by atoms with E-state index in [1.54, 1.807) is 0 Å². The molecule has 0 amide bonds. The van der Waals surface area contributed by atoms with E-state index in [-0.39, 0.29) is 0 Å². The molecule has 78 valence electrons. The highest BCUT2D eigenvalue weighted by atomic mass is 15.3. The second-order valence-corrected chi connectivity index (χ2v) is 4.01. The summed E-state index contributed by atoms with van der Waals surface area (Å²) in [6, 6.07) is 6.19. The molecular formula is C12H15N3. The summed E-state index contributed by atoms with van der Waals surface area (Å²) in [5, 5.41) is 5.20. The van der Waals surface area contributed by atoms with Crippen molar-refractivity contribution in [1.29, 1.82) is 0 Å². The lowest BCUT2D eigenvalue weighted by molar-refractivity contribution is 0.802. The van der Waals surface area contributed by atoms with E-state index >= 15 is 0 Å². The van der Waals surface area contributed by atoms with Gasteiger partial charge in [0.15, 0.2) is 5.82 Å². The number of fused-ring (bicyclic) bond motifs is 1. The molecule has 2 rings (SSSR count). The number of allylic oxidation sites excluding steroid dienone is 1. The Morgan fingerprint density at radius 3 is 2.80 bits per heavy atom. The van der Waals surface area contributed by atoms with Gasteiger partial charge in [-0.1, -0.05) is 17.7 Å². The summed E-state index contributed by atoms with van der Waals surface area (Å²) in [6.07, 6.45) is 2.14. The van der Waals surface area contributed by atoms with E-state index in [9.17, 15) is 0 Å². The Balaban J connectivity index is 2.65. The molecule has 0 aliphatic carbocycles. The fraction of sp³-hybridized carbons (Fsp3) is 0.250. The number of hydrogen-bond acceptors (Lipinski definition) is 2. The third-order valence-electron chi connectivity index (χ3n) is 2.36. The van der Waals surface area contributed by atoms with E-state index < -0.39 is 0 Å². The van der Waals surface area contributed by atoms with Crippen LogP contribution in [-0.2, 0) is 7.05 Å². The van der Waals surface area contributed by atoms with Gasteiger partial charge in [0.25, 0.3) is 0 Å². The van der Waals surface area contributed by atoms with Crippen molar-refractivity contribution < 1.29 is 0 Å². The second kappa shape index (κ2) is 3.42. The first-order chi connectivity index (χ1) is 7.08. The van der Waals surface area contributed by atoms with Crippen LogP contribution in [-0.4, -0.2) is 9.78 Å². The van der Waals surface area contributed by atoms with Crippen molar-refractivity contribution in [2.45, 2.75) is 13.8 Å². The summed E-state index contributed by atoms with van der Waals surface area (Å²) in [5.74, 6) is 0.594. The van der Waals surface area contributed by atoms with Crippen LogP contribution in [0, 0.1) is 0 Å². The Morgan fingerprint density at radius 1 is 1.40 bits per heavy atom. The van der Waals surface area contributed by atoms with E-state index in [1.807, 2.05) is 17.8 Å². The van der Waals surface area contributed by atoms with Gasteiger partial charge in [0.05, 0.1) is 5.52 Å². The lowest BCUT2D eigenvalue weighted by atomic mass is 10.1. The van der Waals surface area contributed by atoms with Gasteiger partial charge in [0.1, 0.15) is 0 Å². The topological polar surface area (TPSA) is 43.8 Å². The normalized spacial score (nSPS) is 10.6. The Morgan fingerprint density at radius 2 is 2.13 bits per heavy atom. The van der Waals surface area contributed by atoms with E-state index in [0.29, 0.717) is 5.82 Å². The van der Waals surface area contributed by atoms with Gasteiger partial charge in [0, 0.05) is 12.4 Å². The molecule has 2 N–H and O–H groups in total. The van der Waals surface area contributed by atoms with Crippen LogP contribution in [0.4, 0.5) is 5.82 Å². The number of nitrogens with zero attached hydrogens (tertiary/aromatic N) is 2. The van der Waals surface area contributed by atoms with Crippen LogP contribution in [0.5, 0.6) is 0 Å². The highest BCUT2D eigenvalue weighted by Crippen LogP contribution is 2.21. The molecule has 3 nitrogen and oxygen atoms in total. The van der Waals surface area contributed by atoms with Gasteiger partial charge in [-0.05, 0) is 31.5 Å². The zero-order valence-electron chi connectivity index (χ0n) is 9.28. The summed E-state index contributed by atoms with van der Waals surface area (Å²) in [5.41, 5.74) is 9.32. The minimum Gasteiger partial charge on any atom is -0.382 e. The van der Waals surface area contributed by atoms with E-state index in [1.165, 1.54) is 11.1 Å². The van der Waals surface area contributed by atoms with E-state index in [0.717, 1.165) is 10.9 Å². The maximum absolute atomic E-state index is 5.78. The van der Waals surface area contributed by atoms with Gasteiger partial charge in [-0.3, -0.25) is 4.68 Å². The lowest BCUT2D eigenvalue weighted by Gasteiger charge is -1.97. The monoisotopic (exact) mass is 201 g/mol. The zero-order valence-corrected chi connectivity index (χ0v) is 9.28. The predicted molar refractivity (Wildman–Crippen MR) is 64.5 cm³/mol. The molecule has 0 bridgehead atoms. The van der Waals surface area contributed by atoms with Crippen molar-refractivity contribution in [3.63, 3.8) is 0 Å². The van der Waals surface area contributed by atoms with Crippen LogP contribution in [0.3, 0.4) is 0 Å². The van der Waals surface area contributed by atoms with Crippen LogP contribution in [0.1, 0.15) is 19.4 Å². The highest BCUT2D eigenvalue weighted by molar-refractivity contribution is 5.90. The third-order valence-corrected chi connectivity index (χ3v) is 2.36. The molecule has 2 aromatic rings. The molecular weight excluding hydrogens is 186 g/mol. The van der Waals surface area contributed by atoms with Crippen molar-refractivity contribution in [1.82, 2.24) is 9.78 Å². The fourth-order valence-corrected chi connectivity index (χ4v) is 1.73. The first-order valence-corrected chi connectivity index (χ1v) is 4.95. The first-order valence-electron chi connectivity index (χ1n) is 4.95. The fourth-order valence-electron chi connectivity index (χ4n) is 1.73. The van der Waals surface area contributed by atoms with Crippen molar-refractivity contribution >= 4 is 22.8 Å². The van der Waals surface area contributed by atoms with Gasteiger partial charge in [-0.15, -0.1) is 0 Å². The van der Waals surface area contributed by atoms with Gasteiger partial charge < -0.3 is 5.73 Å².